The van der Waals surface area contributed by atoms with Crippen molar-refractivity contribution in [3.8, 4) is 5.75 Å². The predicted molar refractivity (Wildman–Crippen MR) is 163 cm³/mol. The number of ether oxygens (including phenoxy) is 2. The summed E-state index contributed by atoms with van der Waals surface area (Å²) in [7, 11) is 0. The third-order valence-electron chi connectivity index (χ3n) is 7.04. The number of aromatic nitrogens is 1. The smallest absolute Gasteiger partial charge is 0.416 e. The lowest BCUT2D eigenvalue weighted by atomic mass is 10.1. The number of halogens is 3. The van der Waals surface area contributed by atoms with Crippen LogP contribution >= 0.6 is 11.8 Å². The number of anilines is 1. The fourth-order valence-electron chi connectivity index (χ4n) is 4.88. The molecule has 1 saturated heterocycles. The Hall–Kier alpha value is -3.14. The van der Waals surface area contributed by atoms with Crippen molar-refractivity contribution in [2.75, 3.05) is 43.4 Å². The zero-order valence-corrected chi connectivity index (χ0v) is 25.6. The lowest BCUT2D eigenvalue weighted by molar-refractivity contribution is -0.137. The largest absolute Gasteiger partial charge is 0.494 e. The van der Waals surface area contributed by atoms with Gasteiger partial charge in [-0.1, -0.05) is 18.9 Å². The number of hydrogen-bond acceptors (Lipinski definition) is 6. The van der Waals surface area contributed by atoms with Gasteiger partial charge in [0, 0.05) is 48.3 Å². The number of carbonyl (C=O) groups is 1. The number of fused-ring (bicyclic) bond motifs is 1. The molecule has 1 aliphatic heterocycles. The fraction of sp³-hybridized carbons (Fsp3) is 0.500. The Bertz CT molecular complexity index is 1350. The Labute approximate surface area is 250 Å². The lowest BCUT2D eigenvalue weighted by Gasteiger charge is -2.37. The molecule has 4 rings (SSSR count). The average molecular weight is 604 g/mol. The van der Waals surface area contributed by atoms with Crippen LogP contribution in [-0.2, 0) is 10.9 Å². The molecule has 1 aliphatic rings. The molecule has 1 fully saturated rings. The maximum Gasteiger partial charge on any atom is 0.416 e. The monoisotopic (exact) mass is 603 g/mol. The van der Waals surface area contributed by atoms with Crippen LogP contribution in [-0.4, -0.2) is 60.1 Å². The Kier molecular flexibility index (Phi) is 10.5. The highest BCUT2D eigenvalue weighted by Gasteiger charge is 2.31. The SMILES string of the molecule is Cc1cc(OCCCCCCSc2ccnc3cc(C(F)(F)F)ccc23)ccc1N1CCN(C(=O)OC(C)(C)C)CC1. The van der Waals surface area contributed by atoms with Gasteiger partial charge in [0.05, 0.1) is 17.7 Å². The standard InChI is InChI=1S/C32H40F3N3O3S/c1-23-21-25(10-12-28(23)37-15-17-38(18-16-37)30(39)41-31(2,3)4)40-19-7-5-6-8-20-42-29-13-14-36-27-22-24(32(33,34)35)9-11-26(27)29/h9-14,21-22H,5-8,15-20H2,1-4H3. The second-order valence-corrected chi connectivity index (χ2v) is 12.7. The van der Waals surface area contributed by atoms with Crippen molar-refractivity contribution < 1.29 is 27.4 Å². The lowest BCUT2D eigenvalue weighted by Crippen LogP contribution is -2.50. The van der Waals surface area contributed by atoms with Gasteiger partial charge in [-0.2, -0.15) is 13.2 Å². The molecule has 0 saturated carbocycles. The summed E-state index contributed by atoms with van der Waals surface area (Å²) in [6.45, 7) is 11.2. The van der Waals surface area contributed by atoms with Gasteiger partial charge in [0.25, 0.3) is 0 Å². The number of rotatable bonds is 10. The molecule has 0 atom stereocenters. The Balaban J connectivity index is 1.13. The summed E-state index contributed by atoms with van der Waals surface area (Å²) in [4.78, 5) is 21.5. The van der Waals surface area contributed by atoms with Crippen LogP contribution in [0.5, 0.6) is 5.75 Å². The quantitative estimate of drug-likeness (QED) is 0.172. The van der Waals surface area contributed by atoms with Crippen LogP contribution in [0.2, 0.25) is 0 Å². The van der Waals surface area contributed by atoms with E-state index in [1.807, 2.05) is 32.9 Å². The number of aryl methyl sites for hydroxylation is 1. The molecular formula is C32H40F3N3O3S. The highest BCUT2D eigenvalue weighted by molar-refractivity contribution is 7.99. The normalized spacial score (nSPS) is 14.4. The highest BCUT2D eigenvalue weighted by Crippen LogP contribution is 2.34. The van der Waals surface area contributed by atoms with E-state index in [0.717, 1.165) is 83.9 Å². The van der Waals surface area contributed by atoms with E-state index in [9.17, 15) is 18.0 Å². The molecule has 10 heteroatoms. The van der Waals surface area contributed by atoms with Gasteiger partial charge in [-0.25, -0.2) is 4.79 Å². The number of thioether (sulfide) groups is 1. The number of alkyl halides is 3. The topological polar surface area (TPSA) is 54.9 Å². The van der Waals surface area contributed by atoms with Crippen molar-refractivity contribution in [1.82, 2.24) is 9.88 Å². The van der Waals surface area contributed by atoms with E-state index < -0.39 is 17.3 Å². The maximum atomic E-state index is 13.0. The molecule has 42 heavy (non-hydrogen) atoms. The van der Waals surface area contributed by atoms with Gasteiger partial charge >= 0.3 is 12.3 Å². The van der Waals surface area contributed by atoms with E-state index in [2.05, 4.69) is 28.9 Å². The van der Waals surface area contributed by atoms with E-state index in [-0.39, 0.29) is 6.09 Å². The van der Waals surface area contributed by atoms with Gasteiger partial charge in [0.15, 0.2) is 0 Å². The summed E-state index contributed by atoms with van der Waals surface area (Å²) in [5.41, 5.74) is 1.51. The number of carbonyl (C=O) groups excluding carboxylic acids is 1. The summed E-state index contributed by atoms with van der Waals surface area (Å²) in [5, 5.41) is 0.758. The van der Waals surface area contributed by atoms with Gasteiger partial charge in [0.2, 0.25) is 0 Å². The molecule has 0 aliphatic carbocycles. The molecule has 0 N–H and O–H groups in total. The summed E-state index contributed by atoms with van der Waals surface area (Å²) in [6, 6.07) is 11.8. The van der Waals surface area contributed by atoms with Gasteiger partial charge in [0.1, 0.15) is 11.4 Å². The van der Waals surface area contributed by atoms with E-state index in [1.165, 1.54) is 6.07 Å². The van der Waals surface area contributed by atoms with Crippen LogP contribution in [0, 0.1) is 6.92 Å². The minimum absolute atomic E-state index is 0.255. The molecule has 3 aromatic rings. The molecule has 6 nitrogen and oxygen atoms in total. The molecule has 1 aromatic heterocycles. The second-order valence-electron chi connectivity index (χ2n) is 11.6. The van der Waals surface area contributed by atoms with Gasteiger partial charge in [-0.15, -0.1) is 11.8 Å². The third kappa shape index (κ3) is 8.93. The maximum absolute atomic E-state index is 13.0. The molecule has 2 heterocycles. The van der Waals surface area contributed by atoms with Crippen molar-refractivity contribution in [2.45, 2.75) is 70.1 Å². The average Bonchev–Trinajstić information content (AvgIpc) is 2.93. The summed E-state index contributed by atoms with van der Waals surface area (Å²) >= 11 is 1.66. The van der Waals surface area contributed by atoms with Crippen molar-refractivity contribution in [1.29, 1.82) is 0 Å². The number of piperazine rings is 1. The van der Waals surface area contributed by atoms with Crippen molar-refractivity contribution >= 4 is 34.4 Å². The molecule has 1 amide bonds. The van der Waals surface area contributed by atoms with Crippen LogP contribution in [0.1, 0.15) is 57.6 Å². The van der Waals surface area contributed by atoms with Crippen molar-refractivity contribution in [3.63, 3.8) is 0 Å². The van der Waals surface area contributed by atoms with E-state index in [0.29, 0.717) is 25.2 Å². The molecule has 0 radical (unpaired) electrons. The summed E-state index contributed by atoms with van der Waals surface area (Å²) < 4.78 is 50.5. The first-order valence-electron chi connectivity index (χ1n) is 14.5. The molecule has 0 unspecified atom stereocenters. The predicted octanol–water partition coefficient (Wildman–Crippen LogP) is 8.35. The zero-order chi connectivity index (χ0) is 30.3. The number of amides is 1. The number of benzene rings is 2. The van der Waals surface area contributed by atoms with E-state index >= 15 is 0 Å². The first-order valence-corrected chi connectivity index (χ1v) is 15.4. The number of hydrogen-bond donors (Lipinski definition) is 0. The summed E-state index contributed by atoms with van der Waals surface area (Å²) in [6.07, 6.45) is 1.03. The number of pyridine rings is 1. The van der Waals surface area contributed by atoms with Crippen LogP contribution in [0.4, 0.5) is 23.7 Å². The van der Waals surface area contributed by atoms with Crippen molar-refractivity contribution in [3.05, 3.63) is 59.8 Å². The molecular weight excluding hydrogens is 563 g/mol. The zero-order valence-electron chi connectivity index (χ0n) is 24.8. The first kappa shape index (κ1) is 31.8. The minimum Gasteiger partial charge on any atom is -0.494 e. The van der Waals surface area contributed by atoms with Crippen LogP contribution in [0.3, 0.4) is 0 Å². The summed E-state index contributed by atoms with van der Waals surface area (Å²) in [5.74, 6) is 1.76. The van der Waals surface area contributed by atoms with Gasteiger partial charge in [-0.3, -0.25) is 4.98 Å². The van der Waals surface area contributed by atoms with Gasteiger partial charge < -0.3 is 19.3 Å². The Morgan fingerprint density at radius 1 is 0.952 bits per heavy atom. The molecule has 2 aromatic carbocycles. The molecule has 228 valence electrons. The number of nitrogens with zero attached hydrogens (tertiary/aromatic N) is 3. The minimum atomic E-state index is -4.37. The first-order chi connectivity index (χ1) is 19.9. The van der Waals surface area contributed by atoms with Crippen LogP contribution in [0.25, 0.3) is 10.9 Å². The Morgan fingerprint density at radius 2 is 1.69 bits per heavy atom. The van der Waals surface area contributed by atoms with Crippen LogP contribution in [0.15, 0.2) is 53.6 Å². The third-order valence-corrected chi connectivity index (χ3v) is 8.20. The Morgan fingerprint density at radius 3 is 2.38 bits per heavy atom. The van der Waals surface area contributed by atoms with Crippen molar-refractivity contribution in [2.24, 2.45) is 0 Å². The fourth-order valence-corrected chi connectivity index (χ4v) is 5.94. The molecule has 0 spiro atoms. The second kappa shape index (κ2) is 13.9. The van der Waals surface area contributed by atoms with Crippen LogP contribution < -0.4 is 9.64 Å². The molecule has 0 bridgehead atoms. The highest BCUT2D eigenvalue weighted by atomic mass is 32.2. The van der Waals surface area contributed by atoms with Gasteiger partial charge in [-0.05, 0) is 88.3 Å². The van der Waals surface area contributed by atoms with E-state index in [1.54, 1.807) is 22.9 Å². The van der Waals surface area contributed by atoms with E-state index in [4.69, 9.17) is 9.47 Å². The number of unbranched alkanes of at least 4 members (excludes halogenated alkanes) is 3.